The Balaban J connectivity index is 2.35. The fraction of sp³-hybridized carbons (Fsp3) is 0.500. The molecular formula is C14H19F2NO2. The zero-order chi connectivity index (χ0) is 14.3. The van der Waals surface area contributed by atoms with Crippen molar-refractivity contribution in [1.29, 1.82) is 0 Å². The van der Waals surface area contributed by atoms with Gasteiger partial charge in [0.05, 0.1) is 0 Å². The highest BCUT2D eigenvalue weighted by molar-refractivity contribution is 5.76. The molecule has 0 radical (unpaired) electrons. The molecule has 19 heavy (non-hydrogen) atoms. The van der Waals surface area contributed by atoms with Gasteiger partial charge >= 0.3 is 0 Å². The van der Waals surface area contributed by atoms with E-state index in [9.17, 15) is 13.6 Å². The van der Waals surface area contributed by atoms with Crippen molar-refractivity contribution in [2.45, 2.75) is 38.6 Å². The quantitative estimate of drug-likeness (QED) is 0.798. The number of benzene rings is 1. The number of carbonyl (C=O) groups is 1. The van der Waals surface area contributed by atoms with E-state index < -0.39 is 11.6 Å². The fourth-order valence-electron chi connectivity index (χ4n) is 1.77. The third kappa shape index (κ3) is 5.79. The number of rotatable bonds is 7. The van der Waals surface area contributed by atoms with Crippen molar-refractivity contribution in [3.05, 3.63) is 35.4 Å². The molecule has 0 aliphatic rings. The van der Waals surface area contributed by atoms with Gasteiger partial charge in [-0.1, -0.05) is 6.07 Å². The Morgan fingerprint density at radius 3 is 2.74 bits per heavy atom. The van der Waals surface area contributed by atoms with E-state index in [0.29, 0.717) is 24.8 Å². The lowest BCUT2D eigenvalue weighted by Crippen LogP contribution is -2.32. The van der Waals surface area contributed by atoms with Gasteiger partial charge in [0.25, 0.3) is 0 Å². The maximum atomic E-state index is 13.0. The maximum Gasteiger partial charge on any atom is 0.220 e. The van der Waals surface area contributed by atoms with E-state index in [4.69, 9.17) is 5.11 Å². The second-order valence-electron chi connectivity index (χ2n) is 4.58. The minimum absolute atomic E-state index is 0.00426. The van der Waals surface area contributed by atoms with Crippen molar-refractivity contribution in [2.75, 3.05) is 6.61 Å². The molecule has 1 rings (SSSR count). The molecule has 0 aliphatic carbocycles. The van der Waals surface area contributed by atoms with Crippen molar-refractivity contribution in [2.24, 2.45) is 0 Å². The number of aryl methyl sites for hydroxylation is 1. The lowest BCUT2D eigenvalue weighted by atomic mass is 10.1. The van der Waals surface area contributed by atoms with E-state index in [0.717, 1.165) is 12.1 Å². The molecule has 0 bridgehead atoms. The second kappa shape index (κ2) is 7.84. The molecule has 0 aromatic heterocycles. The molecule has 0 saturated carbocycles. The van der Waals surface area contributed by atoms with Gasteiger partial charge in [-0.15, -0.1) is 0 Å². The molecule has 0 spiro atoms. The second-order valence-corrected chi connectivity index (χ2v) is 4.58. The largest absolute Gasteiger partial charge is 0.396 e. The van der Waals surface area contributed by atoms with Crippen LogP contribution in [0.25, 0.3) is 0 Å². The van der Waals surface area contributed by atoms with Crippen LogP contribution in [-0.4, -0.2) is 23.7 Å². The first-order valence-electron chi connectivity index (χ1n) is 6.37. The van der Waals surface area contributed by atoms with Gasteiger partial charge in [-0.2, -0.15) is 0 Å². The molecule has 5 heteroatoms. The molecule has 3 nitrogen and oxygen atoms in total. The van der Waals surface area contributed by atoms with Crippen LogP contribution in [0.2, 0.25) is 0 Å². The van der Waals surface area contributed by atoms with Crippen molar-refractivity contribution < 1.29 is 18.7 Å². The first kappa shape index (κ1) is 15.6. The van der Waals surface area contributed by atoms with Gasteiger partial charge < -0.3 is 10.4 Å². The number of nitrogens with one attached hydrogen (secondary N) is 1. The third-order valence-corrected chi connectivity index (χ3v) is 2.83. The van der Waals surface area contributed by atoms with Crippen molar-refractivity contribution in [3.63, 3.8) is 0 Å². The molecule has 1 amide bonds. The summed E-state index contributed by atoms with van der Waals surface area (Å²) in [7, 11) is 0. The average molecular weight is 271 g/mol. The smallest absolute Gasteiger partial charge is 0.220 e. The van der Waals surface area contributed by atoms with Crippen LogP contribution in [-0.2, 0) is 11.2 Å². The van der Waals surface area contributed by atoms with Crippen LogP contribution in [0, 0.1) is 11.6 Å². The lowest BCUT2D eigenvalue weighted by Gasteiger charge is -2.13. The Morgan fingerprint density at radius 2 is 2.11 bits per heavy atom. The minimum Gasteiger partial charge on any atom is -0.396 e. The van der Waals surface area contributed by atoms with E-state index in [1.807, 2.05) is 6.92 Å². The van der Waals surface area contributed by atoms with Gasteiger partial charge in [0.2, 0.25) is 5.91 Å². The zero-order valence-corrected chi connectivity index (χ0v) is 11.0. The molecule has 1 aromatic rings. The Kier molecular flexibility index (Phi) is 6.42. The molecule has 0 fully saturated rings. The number of hydrogen-bond donors (Lipinski definition) is 2. The van der Waals surface area contributed by atoms with Crippen LogP contribution in [0.1, 0.15) is 31.7 Å². The van der Waals surface area contributed by atoms with Crippen molar-refractivity contribution in [1.82, 2.24) is 5.32 Å². The van der Waals surface area contributed by atoms with Crippen LogP contribution in [0.3, 0.4) is 0 Å². The Morgan fingerprint density at radius 1 is 1.37 bits per heavy atom. The van der Waals surface area contributed by atoms with Crippen molar-refractivity contribution in [3.8, 4) is 0 Å². The number of aliphatic hydroxyl groups is 1. The number of amides is 1. The summed E-state index contributed by atoms with van der Waals surface area (Å²) in [6.45, 7) is 1.97. The van der Waals surface area contributed by atoms with Crippen LogP contribution in [0.15, 0.2) is 18.2 Å². The molecule has 0 aliphatic heterocycles. The van der Waals surface area contributed by atoms with Gasteiger partial charge in [-0.3, -0.25) is 4.79 Å². The van der Waals surface area contributed by atoms with E-state index in [-0.39, 0.29) is 25.0 Å². The van der Waals surface area contributed by atoms with Crippen LogP contribution < -0.4 is 5.32 Å². The molecule has 1 atom stereocenters. The molecule has 2 N–H and O–H groups in total. The third-order valence-electron chi connectivity index (χ3n) is 2.83. The number of halogens is 2. The summed E-state index contributed by atoms with van der Waals surface area (Å²) < 4.78 is 25.7. The first-order chi connectivity index (χ1) is 9.02. The summed E-state index contributed by atoms with van der Waals surface area (Å²) in [5.41, 5.74) is 0.595. The Labute approximate surface area is 111 Å². The number of hydrogen-bond acceptors (Lipinski definition) is 2. The summed E-state index contributed by atoms with van der Waals surface area (Å²) in [4.78, 5) is 11.6. The topological polar surface area (TPSA) is 49.3 Å². The number of carbonyl (C=O) groups excluding carboxylic acids is 1. The van der Waals surface area contributed by atoms with Gasteiger partial charge in [0.1, 0.15) is 0 Å². The van der Waals surface area contributed by atoms with Crippen LogP contribution >= 0.6 is 0 Å². The average Bonchev–Trinajstić information content (AvgIpc) is 2.38. The summed E-state index contributed by atoms with van der Waals surface area (Å²) in [5.74, 6) is -1.91. The molecule has 0 heterocycles. The van der Waals surface area contributed by atoms with E-state index >= 15 is 0 Å². The highest BCUT2D eigenvalue weighted by atomic mass is 19.2. The summed E-state index contributed by atoms with van der Waals surface area (Å²) in [6, 6.07) is 3.65. The molecule has 0 saturated heterocycles. The SMILES string of the molecule is CC(CCCO)NC(=O)CCc1ccc(F)c(F)c1. The standard InChI is InChI=1S/C14H19F2NO2/c1-10(3-2-8-18)17-14(19)7-5-11-4-6-12(15)13(16)9-11/h4,6,9-10,18H,2-3,5,7-8H2,1H3,(H,17,19). The molecule has 1 unspecified atom stereocenters. The minimum atomic E-state index is -0.894. The van der Waals surface area contributed by atoms with Gasteiger partial charge in [-0.25, -0.2) is 8.78 Å². The molecule has 106 valence electrons. The van der Waals surface area contributed by atoms with Crippen LogP contribution in [0.5, 0.6) is 0 Å². The number of aliphatic hydroxyl groups excluding tert-OH is 1. The van der Waals surface area contributed by atoms with Gasteiger partial charge in [0, 0.05) is 19.1 Å². The summed E-state index contributed by atoms with van der Waals surface area (Å²) >= 11 is 0. The normalized spacial score (nSPS) is 12.2. The summed E-state index contributed by atoms with van der Waals surface area (Å²) in [5, 5.41) is 11.5. The Bertz CT molecular complexity index is 424. The monoisotopic (exact) mass is 271 g/mol. The highest BCUT2D eigenvalue weighted by Crippen LogP contribution is 2.10. The van der Waals surface area contributed by atoms with Crippen molar-refractivity contribution >= 4 is 5.91 Å². The van der Waals surface area contributed by atoms with Gasteiger partial charge in [-0.05, 0) is 43.9 Å². The van der Waals surface area contributed by atoms with Crippen LogP contribution in [0.4, 0.5) is 8.78 Å². The van der Waals surface area contributed by atoms with E-state index in [1.54, 1.807) is 0 Å². The first-order valence-corrected chi connectivity index (χ1v) is 6.37. The predicted octanol–water partition coefficient (Wildman–Crippen LogP) is 2.17. The molecular weight excluding hydrogens is 252 g/mol. The summed E-state index contributed by atoms with van der Waals surface area (Å²) in [6.07, 6.45) is 1.96. The predicted molar refractivity (Wildman–Crippen MR) is 68.6 cm³/mol. The molecule has 1 aromatic carbocycles. The lowest BCUT2D eigenvalue weighted by molar-refractivity contribution is -0.121. The Hall–Kier alpha value is -1.49. The highest BCUT2D eigenvalue weighted by Gasteiger charge is 2.08. The fourth-order valence-corrected chi connectivity index (χ4v) is 1.77. The van der Waals surface area contributed by atoms with Gasteiger partial charge in [0.15, 0.2) is 11.6 Å². The van der Waals surface area contributed by atoms with E-state index in [2.05, 4.69) is 5.32 Å². The zero-order valence-electron chi connectivity index (χ0n) is 11.0. The van der Waals surface area contributed by atoms with E-state index in [1.165, 1.54) is 6.07 Å². The maximum absolute atomic E-state index is 13.0.